The number of alkyl halides is 3. The molecule has 116 valence electrons. The lowest BCUT2D eigenvalue weighted by molar-refractivity contribution is -0.153. The van der Waals surface area contributed by atoms with Crippen molar-refractivity contribution in [2.24, 2.45) is 12.8 Å². The highest BCUT2D eigenvalue weighted by molar-refractivity contribution is 5.13. The van der Waals surface area contributed by atoms with E-state index in [-0.39, 0.29) is 13.2 Å². The maximum Gasteiger partial charge on any atom is 0.401 e. The maximum atomic E-state index is 12.7. The third-order valence-corrected chi connectivity index (χ3v) is 3.11. The molecule has 2 unspecified atom stereocenters. The molecule has 0 amide bonds. The molecule has 0 spiro atoms. The van der Waals surface area contributed by atoms with Crippen molar-refractivity contribution >= 4 is 0 Å². The number of hydrogen-bond donors (Lipinski definition) is 2. The number of aliphatic hydroxyl groups is 1. The van der Waals surface area contributed by atoms with Gasteiger partial charge < -0.3 is 10.8 Å². The van der Waals surface area contributed by atoms with Crippen LogP contribution in [0.4, 0.5) is 13.2 Å². The molecule has 1 aromatic heterocycles. The third kappa shape index (κ3) is 4.77. The van der Waals surface area contributed by atoms with E-state index >= 15 is 0 Å². The number of hydrogen-bond acceptors (Lipinski definition) is 4. The molecule has 0 bridgehead atoms. The lowest BCUT2D eigenvalue weighted by atomic mass is 9.99. The van der Waals surface area contributed by atoms with Crippen LogP contribution in [0.15, 0.2) is 12.4 Å². The minimum atomic E-state index is -4.34. The molecule has 8 heteroatoms. The van der Waals surface area contributed by atoms with Crippen molar-refractivity contribution in [2.45, 2.75) is 31.6 Å². The molecule has 5 nitrogen and oxygen atoms in total. The second-order valence-corrected chi connectivity index (χ2v) is 4.77. The van der Waals surface area contributed by atoms with Gasteiger partial charge in [0.2, 0.25) is 0 Å². The fourth-order valence-corrected chi connectivity index (χ4v) is 2.22. The minimum Gasteiger partial charge on any atom is -0.395 e. The molecule has 20 heavy (non-hydrogen) atoms. The fourth-order valence-electron chi connectivity index (χ4n) is 2.22. The van der Waals surface area contributed by atoms with Crippen LogP contribution in [0.1, 0.15) is 24.9 Å². The number of rotatable bonds is 7. The van der Waals surface area contributed by atoms with Gasteiger partial charge in [0, 0.05) is 31.4 Å². The maximum absolute atomic E-state index is 12.7. The Morgan fingerprint density at radius 2 is 2.15 bits per heavy atom. The average Bonchev–Trinajstić information content (AvgIpc) is 2.74. The minimum absolute atomic E-state index is 0.0905. The molecule has 1 heterocycles. The summed E-state index contributed by atoms with van der Waals surface area (Å²) in [7, 11) is 1.69. The third-order valence-electron chi connectivity index (χ3n) is 3.11. The Morgan fingerprint density at radius 3 is 2.55 bits per heavy atom. The van der Waals surface area contributed by atoms with Crippen LogP contribution in [-0.4, -0.2) is 51.7 Å². The summed E-state index contributed by atoms with van der Waals surface area (Å²) in [6, 6.07) is -1.09. The zero-order valence-corrected chi connectivity index (χ0v) is 11.6. The van der Waals surface area contributed by atoms with Crippen LogP contribution in [0.3, 0.4) is 0 Å². The molecule has 1 rings (SSSR count). The summed E-state index contributed by atoms with van der Waals surface area (Å²) < 4.78 is 39.6. The van der Waals surface area contributed by atoms with Crippen molar-refractivity contribution in [1.82, 2.24) is 14.7 Å². The van der Waals surface area contributed by atoms with E-state index in [0.717, 1.165) is 4.90 Å². The molecule has 0 fully saturated rings. The SMILES string of the molecule is CCC(N)C(c1cnn(C)c1)N(CCO)CC(F)(F)F. The number of aromatic nitrogens is 2. The molecule has 0 aliphatic rings. The van der Waals surface area contributed by atoms with Gasteiger partial charge in [0.25, 0.3) is 0 Å². The molecule has 0 saturated carbocycles. The molecule has 0 aliphatic carbocycles. The van der Waals surface area contributed by atoms with Crippen LogP contribution in [-0.2, 0) is 7.05 Å². The smallest absolute Gasteiger partial charge is 0.395 e. The zero-order valence-electron chi connectivity index (χ0n) is 11.6. The Hall–Kier alpha value is -1.12. The number of aliphatic hydroxyl groups excluding tert-OH is 1. The van der Waals surface area contributed by atoms with Crippen molar-refractivity contribution < 1.29 is 18.3 Å². The Bertz CT molecular complexity index is 408. The first-order valence-corrected chi connectivity index (χ1v) is 6.44. The zero-order chi connectivity index (χ0) is 15.3. The standard InChI is InChI=1S/C12H21F3N4O/c1-3-10(16)11(9-6-17-18(2)7-9)19(4-5-20)8-12(13,14)15/h6-7,10-11,20H,3-5,8,16H2,1-2H3. The highest BCUT2D eigenvalue weighted by Gasteiger charge is 2.36. The first-order valence-electron chi connectivity index (χ1n) is 6.44. The van der Waals surface area contributed by atoms with Gasteiger partial charge >= 0.3 is 6.18 Å². The summed E-state index contributed by atoms with van der Waals surface area (Å²) in [5.41, 5.74) is 6.61. The normalized spacial score (nSPS) is 15.6. The number of nitrogens with two attached hydrogens (primary N) is 1. The van der Waals surface area contributed by atoms with Crippen molar-refractivity contribution in [3.8, 4) is 0 Å². The van der Waals surface area contributed by atoms with Crippen LogP contribution in [0.5, 0.6) is 0 Å². The van der Waals surface area contributed by atoms with Gasteiger partial charge in [-0.15, -0.1) is 0 Å². The van der Waals surface area contributed by atoms with Crippen molar-refractivity contribution in [1.29, 1.82) is 0 Å². The number of halogens is 3. The van der Waals surface area contributed by atoms with E-state index in [1.165, 1.54) is 10.9 Å². The summed E-state index contributed by atoms with van der Waals surface area (Å²) in [6.07, 6.45) is -0.649. The van der Waals surface area contributed by atoms with Gasteiger partial charge in [0.1, 0.15) is 0 Å². The Labute approximate surface area is 116 Å². The largest absolute Gasteiger partial charge is 0.401 e. The first-order chi connectivity index (χ1) is 9.28. The van der Waals surface area contributed by atoms with Gasteiger partial charge in [-0.25, -0.2) is 0 Å². The van der Waals surface area contributed by atoms with E-state index in [4.69, 9.17) is 10.8 Å². The van der Waals surface area contributed by atoms with Crippen molar-refractivity contribution in [3.63, 3.8) is 0 Å². The number of nitrogens with zero attached hydrogens (tertiary/aromatic N) is 3. The van der Waals surface area contributed by atoms with Crippen LogP contribution in [0.25, 0.3) is 0 Å². The second-order valence-electron chi connectivity index (χ2n) is 4.77. The van der Waals surface area contributed by atoms with Gasteiger partial charge in [-0.1, -0.05) is 6.92 Å². The van der Waals surface area contributed by atoms with Gasteiger partial charge in [-0.3, -0.25) is 9.58 Å². The average molecular weight is 294 g/mol. The highest BCUT2D eigenvalue weighted by atomic mass is 19.4. The van der Waals surface area contributed by atoms with Crippen LogP contribution >= 0.6 is 0 Å². The molecule has 0 aliphatic heterocycles. The summed E-state index contributed by atoms with van der Waals surface area (Å²) in [4.78, 5) is 1.16. The molecule has 0 saturated heterocycles. The molecular formula is C12H21F3N4O. The molecule has 0 aromatic carbocycles. The van der Waals surface area contributed by atoms with Gasteiger partial charge in [-0.2, -0.15) is 18.3 Å². The Balaban J connectivity index is 3.04. The van der Waals surface area contributed by atoms with E-state index in [0.29, 0.717) is 12.0 Å². The van der Waals surface area contributed by atoms with Gasteiger partial charge in [0.05, 0.1) is 25.4 Å². The second kappa shape index (κ2) is 7.05. The van der Waals surface area contributed by atoms with Crippen LogP contribution in [0.2, 0.25) is 0 Å². The van der Waals surface area contributed by atoms with Crippen LogP contribution < -0.4 is 5.73 Å². The topological polar surface area (TPSA) is 67.3 Å². The van der Waals surface area contributed by atoms with Gasteiger partial charge in [0.15, 0.2) is 0 Å². The number of aryl methyl sites for hydroxylation is 1. The fraction of sp³-hybridized carbons (Fsp3) is 0.750. The summed E-state index contributed by atoms with van der Waals surface area (Å²) in [6.45, 7) is 0.260. The van der Waals surface area contributed by atoms with Crippen molar-refractivity contribution in [3.05, 3.63) is 18.0 Å². The predicted octanol–water partition coefficient (Wildman–Crippen LogP) is 1.06. The predicted molar refractivity (Wildman–Crippen MR) is 68.9 cm³/mol. The molecular weight excluding hydrogens is 273 g/mol. The molecule has 3 N–H and O–H groups in total. The van der Waals surface area contributed by atoms with E-state index < -0.39 is 24.8 Å². The summed E-state index contributed by atoms with van der Waals surface area (Å²) in [5.74, 6) is 0. The van der Waals surface area contributed by atoms with E-state index in [1.807, 2.05) is 6.92 Å². The van der Waals surface area contributed by atoms with Crippen molar-refractivity contribution in [2.75, 3.05) is 19.7 Å². The van der Waals surface area contributed by atoms with E-state index in [1.54, 1.807) is 13.2 Å². The highest BCUT2D eigenvalue weighted by Crippen LogP contribution is 2.28. The lowest BCUT2D eigenvalue weighted by Crippen LogP contribution is -2.46. The lowest BCUT2D eigenvalue weighted by Gasteiger charge is -2.34. The molecule has 1 aromatic rings. The van der Waals surface area contributed by atoms with Gasteiger partial charge in [-0.05, 0) is 6.42 Å². The summed E-state index contributed by atoms with van der Waals surface area (Å²) >= 11 is 0. The molecule has 2 atom stereocenters. The molecule has 0 radical (unpaired) electrons. The Morgan fingerprint density at radius 1 is 1.50 bits per heavy atom. The van der Waals surface area contributed by atoms with E-state index in [9.17, 15) is 13.2 Å². The summed E-state index contributed by atoms with van der Waals surface area (Å²) in [5, 5.41) is 13.0. The first kappa shape index (κ1) is 16.9. The van der Waals surface area contributed by atoms with E-state index in [2.05, 4.69) is 5.10 Å². The van der Waals surface area contributed by atoms with Crippen LogP contribution in [0, 0.1) is 0 Å². The monoisotopic (exact) mass is 294 g/mol. The quantitative estimate of drug-likeness (QED) is 0.789. The Kier molecular flexibility index (Phi) is 5.97.